The molecule has 2 rings (SSSR count). The van der Waals surface area contributed by atoms with Crippen LogP contribution in [0, 0.1) is 17.8 Å². The number of hydrazine groups is 1. The molecule has 0 aliphatic heterocycles. The highest BCUT2D eigenvalue weighted by Crippen LogP contribution is 2.36. The molecule has 1 heterocycles. The van der Waals surface area contributed by atoms with Crippen LogP contribution in [0.2, 0.25) is 0 Å². The first-order chi connectivity index (χ1) is 12.6. The fraction of sp³-hybridized carbons (Fsp3) is 0.625. The molecule has 2 unspecified atom stereocenters. The van der Waals surface area contributed by atoms with Crippen molar-refractivity contribution in [2.24, 2.45) is 17.8 Å². The number of carbonyl (C=O) groups is 2. The van der Waals surface area contributed by atoms with Crippen molar-refractivity contribution in [1.82, 2.24) is 20.5 Å². The van der Waals surface area contributed by atoms with E-state index in [1.54, 1.807) is 0 Å². The second kappa shape index (κ2) is 8.51. The van der Waals surface area contributed by atoms with Gasteiger partial charge in [-0.05, 0) is 43.1 Å². The molecule has 11 heteroatoms. The number of amides is 2. The Morgan fingerprint density at radius 2 is 1.96 bits per heavy atom. The van der Waals surface area contributed by atoms with Crippen molar-refractivity contribution in [2.75, 3.05) is 5.43 Å². The number of alkyl halides is 3. The monoisotopic (exact) mass is 389 g/mol. The second-order valence-electron chi connectivity index (χ2n) is 6.99. The van der Waals surface area contributed by atoms with Gasteiger partial charge in [0.15, 0.2) is 0 Å². The van der Waals surface area contributed by atoms with Crippen LogP contribution in [0.1, 0.15) is 38.8 Å². The van der Waals surface area contributed by atoms with E-state index < -0.39 is 29.8 Å². The van der Waals surface area contributed by atoms with E-state index in [0.29, 0.717) is 35.8 Å². The topological polar surface area (TPSA) is 107 Å². The average molecular weight is 389 g/mol. The van der Waals surface area contributed by atoms with E-state index in [0.717, 1.165) is 12.6 Å². The van der Waals surface area contributed by atoms with Crippen LogP contribution in [0.3, 0.4) is 0 Å². The number of anilines is 1. The fourth-order valence-corrected chi connectivity index (χ4v) is 3.65. The maximum atomic E-state index is 12.7. The molecule has 4 atom stereocenters. The molecule has 2 amide bonds. The largest absolute Gasteiger partial charge is 0.433 e. The highest BCUT2D eigenvalue weighted by molar-refractivity contribution is 5.84. The first-order valence-electron chi connectivity index (χ1n) is 8.50. The Morgan fingerprint density at radius 3 is 2.52 bits per heavy atom. The molecule has 1 aromatic heterocycles. The Balaban J connectivity index is 2.09. The maximum Gasteiger partial charge on any atom is 0.433 e. The van der Waals surface area contributed by atoms with Gasteiger partial charge in [-0.2, -0.15) is 13.2 Å². The van der Waals surface area contributed by atoms with Gasteiger partial charge < -0.3 is 0 Å². The van der Waals surface area contributed by atoms with Gasteiger partial charge in [0.1, 0.15) is 11.7 Å². The fourth-order valence-electron chi connectivity index (χ4n) is 3.65. The van der Waals surface area contributed by atoms with Crippen molar-refractivity contribution in [1.29, 1.82) is 0 Å². The Kier molecular flexibility index (Phi) is 6.58. The average Bonchev–Trinajstić information content (AvgIpc) is 2.58. The van der Waals surface area contributed by atoms with Crippen LogP contribution in [-0.4, -0.2) is 38.6 Å². The van der Waals surface area contributed by atoms with E-state index in [4.69, 9.17) is 0 Å². The van der Waals surface area contributed by atoms with Gasteiger partial charge in [0.05, 0.1) is 0 Å². The summed E-state index contributed by atoms with van der Waals surface area (Å²) in [6, 6.07) is -0.478. The Labute approximate surface area is 154 Å². The standard InChI is InChI=1S/C16H22F3N5O3/c1-9-5-10(2)7-11(6-9)13(24(27)8-25)14(26)22-23-15-20-4-3-12(21-15)16(17,18)19/h3-4,8-11,13,27H,5-7H2,1-2H3,(H,22,26)(H,20,21,23)/t9-,10+,11?,13?. The van der Waals surface area contributed by atoms with Crippen LogP contribution in [0.4, 0.5) is 19.1 Å². The van der Waals surface area contributed by atoms with Gasteiger partial charge in [0.2, 0.25) is 12.4 Å². The molecule has 1 saturated carbocycles. The van der Waals surface area contributed by atoms with Gasteiger partial charge in [-0.3, -0.25) is 25.6 Å². The highest BCUT2D eigenvalue weighted by Gasteiger charge is 2.38. The summed E-state index contributed by atoms with van der Waals surface area (Å²) in [4.78, 5) is 30.4. The number of halogens is 3. The maximum absolute atomic E-state index is 12.7. The smallest absolute Gasteiger partial charge is 0.285 e. The number of nitrogens with one attached hydrogen (secondary N) is 2. The lowest BCUT2D eigenvalue weighted by Gasteiger charge is -2.37. The highest BCUT2D eigenvalue weighted by atomic mass is 19.4. The molecule has 0 bridgehead atoms. The molecule has 1 aliphatic carbocycles. The van der Waals surface area contributed by atoms with Crippen molar-refractivity contribution in [2.45, 2.75) is 45.3 Å². The van der Waals surface area contributed by atoms with Crippen molar-refractivity contribution in [3.63, 3.8) is 0 Å². The first kappa shape index (κ1) is 20.9. The van der Waals surface area contributed by atoms with Gasteiger partial charge in [-0.1, -0.05) is 13.8 Å². The van der Waals surface area contributed by atoms with E-state index in [1.165, 1.54) is 0 Å². The Morgan fingerprint density at radius 1 is 1.33 bits per heavy atom. The lowest BCUT2D eigenvalue weighted by Crippen LogP contribution is -2.52. The predicted molar refractivity (Wildman–Crippen MR) is 87.9 cm³/mol. The SMILES string of the molecule is C[C@@H]1CC(C(C(=O)NNc2nccc(C(F)(F)F)n2)N(O)C=O)C[C@H](C)C1. The Hall–Kier alpha value is -2.43. The molecule has 150 valence electrons. The van der Waals surface area contributed by atoms with Crippen molar-refractivity contribution in [3.05, 3.63) is 18.0 Å². The minimum absolute atomic E-state index is 0.134. The molecular weight excluding hydrogens is 367 g/mol. The number of hydrogen-bond acceptors (Lipinski definition) is 6. The number of hydrogen-bond donors (Lipinski definition) is 3. The van der Waals surface area contributed by atoms with Gasteiger partial charge in [0.25, 0.3) is 5.91 Å². The van der Waals surface area contributed by atoms with Crippen LogP contribution in [-0.2, 0) is 15.8 Å². The van der Waals surface area contributed by atoms with Crippen molar-refractivity contribution in [3.8, 4) is 0 Å². The molecule has 8 nitrogen and oxygen atoms in total. The number of nitrogens with zero attached hydrogens (tertiary/aromatic N) is 3. The van der Waals surface area contributed by atoms with Crippen LogP contribution in [0.25, 0.3) is 0 Å². The summed E-state index contributed by atoms with van der Waals surface area (Å²) in [5, 5.41) is 10.1. The molecule has 0 spiro atoms. The lowest BCUT2D eigenvalue weighted by molar-refractivity contribution is -0.174. The summed E-state index contributed by atoms with van der Waals surface area (Å²) < 4.78 is 38.0. The number of aromatic nitrogens is 2. The third-order valence-electron chi connectivity index (χ3n) is 4.57. The van der Waals surface area contributed by atoms with Gasteiger partial charge in [0, 0.05) is 6.20 Å². The van der Waals surface area contributed by atoms with Gasteiger partial charge in [-0.15, -0.1) is 0 Å². The third-order valence-corrected chi connectivity index (χ3v) is 4.57. The minimum Gasteiger partial charge on any atom is -0.285 e. The quantitative estimate of drug-likeness (QED) is 0.391. The van der Waals surface area contributed by atoms with Crippen LogP contribution in [0.15, 0.2) is 12.3 Å². The number of carbonyl (C=O) groups excluding carboxylic acids is 2. The molecule has 0 aromatic carbocycles. The zero-order chi connectivity index (χ0) is 20.2. The number of rotatable bonds is 6. The third kappa shape index (κ3) is 5.52. The van der Waals surface area contributed by atoms with Crippen LogP contribution < -0.4 is 10.9 Å². The van der Waals surface area contributed by atoms with Gasteiger partial charge >= 0.3 is 6.18 Å². The molecule has 1 aromatic rings. The lowest BCUT2D eigenvalue weighted by atomic mass is 9.73. The predicted octanol–water partition coefficient (Wildman–Crippen LogP) is 2.23. The molecule has 3 N–H and O–H groups in total. The summed E-state index contributed by atoms with van der Waals surface area (Å²) in [7, 11) is 0. The number of hydroxylamine groups is 2. The summed E-state index contributed by atoms with van der Waals surface area (Å²) >= 11 is 0. The summed E-state index contributed by atoms with van der Waals surface area (Å²) in [5.41, 5.74) is 3.21. The normalized spacial score (nSPS) is 24.0. The van der Waals surface area contributed by atoms with E-state index >= 15 is 0 Å². The molecule has 27 heavy (non-hydrogen) atoms. The second-order valence-corrected chi connectivity index (χ2v) is 6.99. The molecule has 1 aliphatic rings. The molecular formula is C16H22F3N5O3. The van der Waals surface area contributed by atoms with E-state index in [1.807, 2.05) is 13.8 Å². The Bertz CT molecular complexity index is 663. The summed E-state index contributed by atoms with van der Waals surface area (Å²) in [6.07, 6.45) is -1.38. The van der Waals surface area contributed by atoms with Crippen molar-refractivity contribution >= 4 is 18.3 Å². The van der Waals surface area contributed by atoms with Gasteiger partial charge in [-0.25, -0.2) is 15.0 Å². The minimum atomic E-state index is -4.65. The zero-order valence-corrected chi connectivity index (χ0v) is 14.9. The zero-order valence-electron chi connectivity index (χ0n) is 14.9. The van der Waals surface area contributed by atoms with E-state index in [-0.39, 0.29) is 12.3 Å². The van der Waals surface area contributed by atoms with Crippen LogP contribution in [0.5, 0.6) is 0 Å². The summed E-state index contributed by atoms with van der Waals surface area (Å²) in [5.74, 6) is -0.888. The summed E-state index contributed by atoms with van der Waals surface area (Å²) in [6.45, 7) is 4.05. The molecule has 0 saturated heterocycles. The van der Waals surface area contributed by atoms with Crippen molar-refractivity contribution < 1.29 is 28.0 Å². The first-order valence-corrected chi connectivity index (χ1v) is 8.50. The van der Waals surface area contributed by atoms with E-state index in [9.17, 15) is 28.0 Å². The molecule has 1 fully saturated rings. The van der Waals surface area contributed by atoms with Crippen LogP contribution >= 0.6 is 0 Å². The van der Waals surface area contributed by atoms with E-state index in [2.05, 4.69) is 20.8 Å². The molecule has 0 radical (unpaired) electrons.